The predicted molar refractivity (Wildman–Crippen MR) is 68.9 cm³/mol. The molecule has 0 aliphatic carbocycles. The van der Waals surface area contributed by atoms with Crippen LogP contribution < -0.4 is 5.43 Å². The van der Waals surface area contributed by atoms with Gasteiger partial charge in [0.25, 0.3) is 10.1 Å². The van der Waals surface area contributed by atoms with Crippen molar-refractivity contribution in [2.45, 2.75) is 18.7 Å². The molecule has 0 atom stereocenters. The molecule has 0 bridgehead atoms. The molecule has 0 radical (unpaired) electrons. The van der Waals surface area contributed by atoms with Crippen molar-refractivity contribution < 1.29 is 17.4 Å². The van der Waals surface area contributed by atoms with Crippen molar-refractivity contribution in [2.75, 3.05) is 0 Å². The molecular weight excluding hydrogens is 267 g/mol. The SMILES string of the molecule is Cc1oc2ccc(S(=O)(=O)O)cc2c(=O)c1C.[NaH]. The summed E-state index contributed by atoms with van der Waals surface area (Å²) in [4.78, 5) is 11.6. The van der Waals surface area contributed by atoms with Gasteiger partial charge in [0.15, 0.2) is 5.43 Å². The minimum absolute atomic E-state index is 0. The molecule has 1 N–H and O–H groups in total. The molecule has 18 heavy (non-hydrogen) atoms. The van der Waals surface area contributed by atoms with E-state index in [2.05, 4.69) is 0 Å². The topological polar surface area (TPSA) is 84.6 Å². The van der Waals surface area contributed by atoms with Gasteiger partial charge in [-0.1, -0.05) is 0 Å². The van der Waals surface area contributed by atoms with Crippen LogP contribution >= 0.6 is 0 Å². The van der Waals surface area contributed by atoms with Crippen LogP contribution in [-0.2, 0) is 10.1 Å². The van der Waals surface area contributed by atoms with E-state index in [4.69, 9.17) is 8.97 Å². The second-order valence-electron chi connectivity index (χ2n) is 3.75. The van der Waals surface area contributed by atoms with Gasteiger partial charge in [0, 0.05) is 5.56 Å². The van der Waals surface area contributed by atoms with Crippen LogP contribution in [0, 0.1) is 13.8 Å². The van der Waals surface area contributed by atoms with E-state index in [1.165, 1.54) is 12.1 Å². The van der Waals surface area contributed by atoms with E-state index in [9.17, 15) is 13.2 Å². The summed E-state index contributed by atoms with van der Waals surface area (Å²) in [5, 5.41) is 0.142. The molecule has 0 saturated carbocycles. The molecule has 1 aromatic heterocycles. The molecule has 1 aromatic carbocycles. The number of benzene rings is 1. The van der Waals surface area contributed by atoms with Crippen LogP contribution in [0.2, 0.25) is 0 Å². The molecule has 0 spiro atoms. The molecule has 2 rings (SSSR count). The summed E-state index contributed by atoms with van der Waals surface area (Å²) < 4.78 is 36.2. The maximum absolute atomic E-state index is 11.9. The third kappa shape index (κ3) is 2.67. The number of aryl methyl sites for hydroxylation is 1. The zero-order valence-corrected chi connectivity index (χ0v) is 10.0. The first kappa shape index (κ1) is 15.4. The number of hydrogen-bond donors (Lipinski definition) is 1. The van der Waals surface area contributed by atoms with Crippen LogP contribution in [0.3, 0.4) is 0 Å². The van der Waals surface area contributed by atoms with Gasteiger partial charge >= 0.3 is 29.6 Å². The molecule has 0 fully saturated rings. The summed E-state index contributed by atoms with van der Waals surface area (Å²) in [6, 6.07) is 3.66. The van der Waals surface area contributed by atoms with E-state index >= 15 is 0 Å². The Labute approximate surface area is 126 Å². The van der Waals surface area contributed by atoms with Crippen LogP contribution in [-0.4, -0.2) is 42.5 Å². The van der Waals surface area contributed by atoms with Crippen molar-refractivity contribution in [3.63, 3.8) is 0 Å². The fourth-order valence-electron chi connectivity index (χ4n) is 1.54. The van der Waals surface area contributed by atoms with Gasteiger partial charge in [-0.3, -0.25) is 9.35 Å². The van der Waals surface area contributed by atoms with Gasteiger partial charge in [-0.05, 0) is 32.0 Å². The Hall–Kier alpha value is -0.660. The van der Waals surface area contributed by atoms with Gasteiger partial charge in [0.2, 0.25) is 0 Å². The first-order valence-electron chi connectivity index (χ1n) is 4.82. The molecule has 0 aliphatic rings. The molecule has 92 valence electrons. The van der Waals surface area contributed by atoms with E-state index in [0.717, 1.165) is 6.07 Å². The Morgan fingerprint density at radius 1 is 1.22 bits per heavy atom. The van der Waals surface area contributed by atoms with Crippen LogP contribution in [0.5, 0.6) is 0 Å². The second-order valence-corrected chi connectivity index (χ2v) is 5.17. The zero-order chi connectivity index (χ0) is 12.8. The van der Waals surface area contributed by atoms with Crippen LogP contribution in [0.1, 0.15) is 11.3 Å². The average Bonchev–Trinajstić information content (AvgIpc) is 2.24. The van der Waals surface area contributed by atoms with E-state index in [1.54, 1.807) is 13.8 Å². The third-order valence-corrected chi connectivity index (χ3v) is 3.47. The Morgan fingerprint density at radius 2 is 1.83 bits per heavy atom. The summed E-state index contributed by atoms with van der Waals surface area (Å²) >= 11 is 0. The fourth-order valence-corrected chi connectivity index (χ4v) is 2.05. The fraction of sp³-hybridized carbons (Fsp3) is 0.182. The molecule has 0 saturated heterocycles. The Bertz CT molecular complexity index is 761. The monoisotopic (exact) mass is 278 g/mol. The summed E-state index contributed by atoms with van der Waals surface area (Å²) in [7, 11) is -4.31. The van der Waals surface area contributed by atoms with Gasteiger partial charge in [0.05, 0.1) is 10.3 Å². The zero-order valence-electron chi connectivity index (χ0n) is 9.22. The van der Waals surface area contributed by atoms with Crippen molar-refractivity contribution in [3.8, 4) is 0 Å². The summed E-state index contributed by atoms with van der Waals surface area (Å²) in [6.45, 7) is 3.26. The minimum atomic E-state index is -4.31. The Balaban J connectivity index is 0.00000162. The van der Waals surface area contributed by atoms with E-state index in [-0.39, 0.29) is 45.3 Å². The van der Waals surface area contributed by atoms with Gasteiger partial charge < -0.3 is 4.42 Å². The number of rotatable bonds is 1. The van der Waals surface area contributed by atoms with Gasteiger partial charge in [-0.15, -0.1) is 0 Å². The second kappa shape index (κ2) is 5.14. The van der Waals surface area contributed by atoms with Crippen LogP contribution in [0.15, 0.2) is 32.3 Å². The predicted octanol–water partition coefficient (Wildman–Crippen LogP) is 1.01. The first-order chi connectivity index (χ1) is 7.80. The standard InChI is InChI=1S/C11H10O5S.Na.H/c1-6-7(2)16-10-4-3-8(17(13,14)15)5-9(10)11(6)12;;/h3-5H,1-2H3,(H,13,14,15);;. The molecule has 1 heterocycles. The summed E-state index contributed by atoms with van der Waals surface area (Å²) in [5.74, 6) is 0.488. The molecule has 0 aliphatic heterocycles. The third-order valence-electron chi connectivity index (χ3n) is 2.63. The maximum atomic E-state index is 11.9. The van der Waals surface area contributed by atoms with Crippen LogP contribution in [0.4, 0.5) is 0 Å². The molecule has 0 unspecified atom stereocenters. The van der Waals surface area contributed by atoms with Crippen LogP contribution in [0.25, 0.3) is 11.0 Å². The number of hydrogen-bond acceptors (Lipinski definition) is 4. The Kier molecular flexibility index (Phi) is 4.40. The van der Waals surface area contributed by atoms with Crippen molar-refractivity contribution in [2.24, 2.45) is 0 Å². The van der Waals surface area contributed by atoms with Crippen molar-refractivity contribution in [1.82, 2.24) is 0 Å². The van der Waals surface area contributed by atoms with E-state index in [1.807, 2.05) is 0 Å². The van der Waals surface area contributed by atoms with Gasteiger partial charge in [-0.25, -0.2) is 0 Å². The summed E-state index contributed by atoms with van der Waals surface area (Å²) in [5.41, 5.74) is 0.421. The molecule has 2 aromatic rings. The molecular formula is C11H11NaO5S. The Morgan fingerprint density at radius 3 is 2.39 bits per heavy atom. The molecule has 7 heteroatoms. The van der Waals surface area contributed by atoms with Gasteiger partial charge in [0.1, 0.15) is 11.3 Å². The van der Waals surface area contributed by atoms with Crippen molar-refractivity contribution in [1.29, 1.82) is 0 Å². The normalized spacial score (nSPS) is 11.3. The van der Waals surface area contributed by atoms with Gasteiger partial charge in [-0.2, -0.15) is 8.42 Å². The van der Waals surface area contributed by atoms with E-state index < -0.39 is 10.1 Å². The van der Waals surface area contributed by atoms with Crippen molar-refractivity contribution >= 4 is 50.6 Å². The molecule has 5 nitrogen and oxygen atoms in total. The number of fused-ring (bicyclic) bond motifs is 1. The molecule has 0 amide bonds. The summed E-state index contributed by atoms with van der Waals surface area (Å²) in [6.07, 6.45) is 0. The average molecular weight is 278 g/mol. The van der Waals surface area contributed by atoms with E-state index in [0.29, 0.717) is 16.9 Å². The quantitative estimate of drug-likeness (QED) is 0.621. The van der Waals surface area contributed by atoms with Crippen molar-refractivity contribution in [3.05, 3.63) is 39.7 Å². The first-order valence-corrected chi connectivity index (χ1v) is 6.26.